The van der Waals surface area contributed by atoms with Gasteiger partial charge in [0.1, 0.15) is 6.54 Å². The van der Waals surface area contributed by atoms with Crippen LogP contribution < -0.4 is 19.2 Å². The summed E-state index contributed by atoms with van der Waals surface area (Å²) in [5.74, 6) is 0.520. The van der Waals surface area contributed by atoms with Gasteiger partial charge in [-0.25, -0.2) is 13.8 Å². The van der Waals surface area contributed by atoms with Gasteiger partial charge in [0.05, 0.1) is 30.5 Å². The number of sulfonamides is 1. The van der Waals surface area contributed by atoms with Crippen LogP contribution in [0.25, 0.3) is 0 Å². The zero-order valence-electron chi connectivity index (χ0n) is 19.5. The summed E-state index contributed by atoms with van der Waals surface area (Å²) in [7, 11) is -0.911. The number of rotatable bonds is 9. The topological polar surface area (TPSA) is 97.3 Å². The standard InChI is InChI=1S/C25H27N3O5S/c1-18-10-8-9-13-22(18)28(34(30,31)21-11-6-5-7-12-21)17-25(29)27-26-19(2)20-14-15-23(32-3)24(16-20)33-4/h5-16H,17H2,1-4H3,(H,27,29)/b26-19+. The summed E-state index contributed by atoms with van der Waals surface area (Å²) in [6.07, 6.45) is 0. The highest BCUT2D eigenvalue weighted by molar-refractivity contribution is 7.92. The molecule has 3 rings (SSSR count). The smallest absolute Gasteiger partial charge is 0.264 e. The number of hydrazone groups is 1. The van der Waals surface area contributed by atoms with Gasteiger partial charge in [0.2, 0.25) is 0 Å². The first-order chi connectivity index (χ1) is 16.3. The van der Waals surface area contributed by atoms with Crippen molar-refractivity contribution < 1.29 is 22.7 Å². The van der Waals surface area contributed by atoms with Gasteiger partial charge in [-0.15, -0.1) is 0 Å². The normalized spacial score (nSPS) is 11.6. The lowest BCUT2D eigenvalue weighted by molar-refractivity contribution is -0.119. The predicted octanol–water partition coefficient (Wildman–Crippen LogP) is 3.75. The molecule has 8 nitrogen and oxygen atoms in total. The molecule has 0 aliphatic rings. The van der Waals surface area contributed by atoms with Crippen molar-refractivity contribution in [3.63, 3.8) is 0 Å². The number of carbonyl (C=O) groups is 1. The maximum absolute atomic E-state index is 13.4. The molecule has 0 radical (unpaired) electrons. The zero-order chi connectivity index (χ0) is 24.7. The lowest BCUT2D eigenvalue weighted by Crippen LogP contribution is -2.40. The first kappa shape index (κ1) is 24.8. The molecule has 0 spiro atoms. The van der Waals surface area contributed by atoms with Crippen LogP contribution >= 0.6 is 0 Å². The van der Waals surface area contributed by atoms with Gasteiger partial charge in [0.15, 0.2) is 11.5 Å². The van der Waals surface area contributed by atoms with E-state index in [0.29, 0.717) is 28.5 Å². The number of amides is 1. The van der Waals surface area contributed by atoms with Gasteiger partial charge in [-0.2, -0.15) is 5.10 Å². The van der Waals surface area contributed by atoms with Crippen molar-refractivity contribution in [2.75, 3.05) is 25.1 Å². The quantitative estimate of drug-likeness (QED) is 0.371. The van der Waals surface area contributed by atoms with Crippen molar-refractivity contribution in [2.45, 2.75) is 18.7 Å². The van der Waals surface area contributed by atoms with Gasteiger partial charge in [-0.3, -0.25) is 9.10 Å². The number of anilines is 1. The monoisotopic (exact) mass is 481 g/mol. The van der Waals surface area contributed by atoms with E-state index in [1.165, 1.54) is 19.2 Å². The van der Waals surface area contributed by atoms with Crippen molar-refractivity contribution in [3.8, 4) is 11.5 Å². The number of aryl methyl sites for hydroxylation is 1. The van der Waals surface area contributed by atoms with Crippen LogP contribution in [0.5, 0.6) is 11.5 Å². The molecule has 34 heavy (non-hydrogen) atoms. The third-order valence-corrected chi connectivity index (χ3v) is 6.93. The van der Waals surface area contributed by atoms with Gasteiger partial charge in [-0.05, 0) is 55.8 Å². The molecule has 1 amide bonds. The minimum absolute atomic E-state index is 0.0936. The van der Waals surface area contributed by atoms with Gasteiger partial charge in [0, 0.05) is 5.56 Å². The maximum atomic E-state index is 13.4. The lowest BCUT2D eigenvalue weighted by atomic mass is 10.1. The predicted molar refractivity (Wildman–Crippen MR) is 132 cm³/mol. The van der Waals surface area contributed by atoms with Crippen LogP contribution in [0.2, 0.25) is 0 Å². The molecular weight excluding hydrogens is 454 g/mol. The van der Waals surface area contributed by atoms with E-state index in [4.69, 9.17) is 9.47 Å². The highest BCUT2D eigenvalue weighted by atomic mass is 32.2. The Morgan fingerprint density at radius 1 is 0.941 bits per heavy atom. The number of methoxy groups -OCH3 is 2. The van der Waals surface area contributed by atoms with Crippen molar-refractivity contribution in [2.24, 2.45) is 5.10 Å². The van der Waals surface area contributed by atoms with Gasteiger partial charge in [-0.1, -0.05) is 36.4 Å². The van der Waals surface area contributed by atoms with Crippen LogP contribution in [0.4, 0.5) is 5.69 Å². The molecular formula is C25H27N3O5S. The van der Waals surface area contributed by atoms with Crippen LogP contribution in [0.1, 0.15) is 18.1 Å². The minimum atomic E-state index is -3.99. The van der Waals surface area contributed by atoms with Gasteiger partial charge >= 0.3 is 0 Å². The van der Waals surface area contributed by atoms with Gasteiger partial charge < -0.3 is 9.47 Å². The average Bonchev–Trinajstić information content (AvgIpc) is 2.86. The molecule has 178 valence electrons. The molecule has 9 heteroatoms. The Morgan fingerprint density at radius 2 is 1.59 bits per heavy atom. The van der Waals surface area contributed by atoms with Crippen molar-refractivity contribution in [3.05, 3.63) is 83.9 Å². The van der Waals surface area contributed by atoms with Crippen LogP contribution in [-0.4, -0.2) is 40.8 Å². The molecule has 0 unspecified atom stereocenters. The molecule has 1 N–H and O–H groups in total. The fourth-order valence-electron chi connectivity index (χ4n) is 3.30. The van der Waals surface area contributed by atoms with Crippen LogP contribution in [0, 0.1) is 6.92 Å². The number of para-hydroxylation sites is 1. The van der Waals surface area contributed by atoms with Gasteiger partial charge in [0.25, 0.3) is 15.9 Å². The summed E-state index contributed by atoms with van der Waals surface area (Å²) in [4.78, 5) is 12.9. The van der Waals surface area contributed by atoms with Crippen LogP contribution in [0.3, 0.4) is 0 Å². The van der Waals surface area contributed by atoms with E-state index < -0.39 is 22.5 Å². The Bertz CT molecular complexity index is 1290. The Kier molecular flexibility index (Phi) is 7.91. The third kappa shape index (κ3) is 5.55. The number of ether oxygens (including phenoxy) is 2. The maximum Gasteiger partial charge on any atom is 0.264 e. The number of benzene rings is 3. The van der Waals surface area contributed by atoms with Crippen molar-refractivity contribution in [1.29, 1.82) is 0 Å². The first-order valence-electron chi connectivity index (χ1n) is 10.5. The number of nitrogens with one attached hydrogen (secondary N) is 1. The summed E-state index contributed by atoms with van der Waals surface area (Å²) in [5.41, 5.74) is 4.83. The Morgan fingerprint density at radius 3 is 2.24 bits per heavy atom. The fraction of sp³-hybridized carbons (Fsp3) is 0.200. The molecule has 0 heterocycles. The highest BCUT2D eigenvalue weighted by Crippen LogP contribution is 2.28. The number of carbonyl (C=O) groups excluding carboxylic acids is 1. The number of hydrogen-bond donors (Lipinski definition) is 1. The molecule has 3 aromatic rings. The van der Waals surface area contributed by atoms with E-state index >= 15 is 0 Å². The van der Waals surface area contributed by atoms with E-state index in [-0.39, 0.29) is 4.90 Å². The SMILES string of the molecule is COc1ccc(/C(C)=N/NC(=O)CN(c2ccccc2C)S(=O)(=O)c2ccccc2)cc1OC. The third-order valence-electron chi connectivity index (χ3n) is 5.15. The Balaban J connectivity index is 1.86. The Hall–Kier alpha value is -3.85. The fourth-order valence-corrected chi connectivity index (χ4v) is 4.81. The van der Waals surface area contributed by atoms with E-state index in [0.717, 1.165) is 9.87 Å². The summed E-state index contributed by atoms with van der Waals surface area (Å²) in [5, 5.41) is 4.15. The molecule has 3 aromatic carbocycles. The average molecular weight is 482 g/mol. The van der Waals surface area contributed by atoms with E-state index in [9.17, 15) is 13.2 Å². The van der Waals surface area contributed by atoms with E-state index in [1.807, 2.05) is 6.07 Å². The highest BCUT2D eigenvalue weighted by Gasteiger charge is 2.28. The molecule has 0 aliphatic heterocycles. The molecule has 0 aromatic heterocycles. The second-order valence-corrected chi connectivity index (χ2v) is 9.28. The molecule has 0 bridgehead atoms. The molecule has 0 fully saturated rings. The second kappa shape index (κ2) is 10.8. The minimum Gasteiger partial charge on any atom is -0.493 e. The lowest BCUT2D eigenvalue weighted by Gasteiger charge is -2.25. The summed E-state index contributed by atoms with van der Waals surface area (Å²) < 4.78 is 38.4. The van der Waals surface area contributed by atoms with E-state index in [2.05, 4.69) is 10.5 Å². The molecule has 0 atom stereocenters. The molecule has 0 saturated carbocycles. The second-order valence-electron chi connectivity index (χ2n) is 7.41. The first-order valence-corrected chi connectivity index (χ1v) is 11.9. The van der Waals surface area contributed by atoms with Crippen molar-refractivity contribution in [1.82, 2.24) is 5.43 Å². The summed E-state index contributed by atoms with van der Waals surface area (Å²) in [6.45, 7) is 3.08. The largest absolute Gasteiger partial charge is 0.493 e. The summed E-state index contributed by atoms with van der Waals surface area (Å²) >= 11 is 0. The number of hydrogen-bond acceptors (Lipinski definition) is 6. The van der Waals surface area contributed by atoms with Crippen LogP contribution in [0.15, 0.2) is 82.8 Å². The molecule has 0 aliphatic carbocycles. The summed E-state index contributed by atoms with van der Waals surface area (Å²) in [6, 6.07) is 20.3. The van der Waals surface area contributed by atoms with E-state index in [1.54, 1.807) is 75.6 Å². The van der Waals surface area contributed by atoms with Crippen LogP contribution in [-0.2, 0) is 14.8 Å². The Labute approximate surface area is 199 Å². The zero-order valence-corrected chi connectivity index (χ0v) is 20.3. The van der Waals surface area contributed by atoms with Crippen molar-refractivity contribution >= 4 is 27.3 Å². The molecule has 0 saturated heterocycles. The number of nitrogens with zero attached hydrogens (tertiary/aromatic N) is 2.